The Labute approximate surface area is 106 Å². The summed E-state index contributed by atoms with van der Waals surface area (Å²) in [6, 6.07) is 4.57. The van der Waals surface area contributed by atoms with Gasteiger partial charge in [0.15, 0.2) is 0 Å². The largest absolute Gasteiger partial charge is 0.370 e. The highest BCUT2D eigenvalue weighted by atomic mass is 16.6. The SMILES string of the molecule is CCCCCCNc1ccc([N+](=O)[O-])c(C#N)n1. The average Bonchev–Trinajstić information content (AvgIpc) is 2.38. The van der Waals surface area contributed by atoms with E-state index in [0.29, 0.717) is 5.82 Å². The molecule has 1 aromatic rings. The summed E-state index contributed by atoms with van der Waals surface area (Å²) in [5.74, 6) is 0.508. The molecular weight excluding hydrogens is 232 g/mol. The van der Waals surface area contributed by atoms with Crippen LogP contribution < -0.4 is 5.32 Å². The Hall–Kier alpha value is -2.16. The number of nitrogens with one attached hydrogen (secondary N) is 1. The minimum absolute atomic E-state index is 0.154. The fourth-order valence-electron chi connectivity index (χ4n) is 1.55. The molecule has 0 spiro atoms. The molecule has 0 aromatic carbocycles. The lowest BCUT2D eigenvalue weighted by molar-refractivity contribution is -0.385. The number of nitro groups is 1. The summed E-state index contributed by atoms with van der Waals surface area (Å²) in [6.45, 7) is 2.90. The highest BCUT2D eigenvalue weighted by Gasteiger charge is 2.15. The van der Waals surface area contributed by atoms with Gasteiger partial charge in [0.1, 0.15) is 11.9 Å². The van der Waals surface area contributed by atoms with Gasteiger partial charge in [-0.1, -0.05) is 26.2 Å². The van der Waals surface area contributed by atoms with Crippen LogP contribution in [0.2, 0.25) is 0 Å². The van der Waals surface area contributed by atoms with Crippen LogP contribution in [0.3, 0.4) is 0 Å². The lowest BCUT2D eigenvalue weighted by atomic mass is 10.2. The minimum Gasteiger partial charge on any atom is -0.370 e. The molecular formula is C12H16N4O2. The average molecular weight is 248 g/mol. The predicted molar refractivity (Wildman–Crippen MR) is 68.2 cm³/mol. The Bertz CT molecular complexity index is 454. The number of hydrogen-bond donors (Lipinski definition) is 1. The number of nitriles is 1. The van der Waals surface area contributed by atoms with Gasteiger partial charge in [-0.3, -0.25) is 10.1 Å². The van der Waals surface area contributed by atoms with Gasteiger partial charge in [0.05, 0.1) is 4.92 Å². The molecule has 0 radical (unpaired) electrons. The molecule has 0 aliphatic carbocycles. The Morgan fingerprint density at radius 3 is 2.83 bits per heavy atom. The fourth-order valence-corrected chi connectivity index (χ4v) is 1.55. The molecule has 1 heterocycles. The molecule has 0 saturated carbocycles. The molecule has 0 aliphatic rings. The quantitative estimate of drug-likeness (QED) is 0.455. The maximum absolute atomic E-state index is 10.6. The summed E-state index contributed by atoms with van der Waals surface area (Å²) in [7, 11) is 0. The van der Waals surface area contributed by atoms with Gasteiger partial charge in [-0.25, -0.2) is 4.98 Å². The van der Waals surface area contributed by atoms with E-state index in [2.05, 4.69) is 17.2 Å². The predicted octanol–water partition coefficient (Wildman–Crippen LogP) is 2.85. The van der Waals surface area contributed by atoms with E-state index < -0.39 is 4.92 Å². The van der Waals surface area contributed by atoms with E-state index in [0.717, 1.165) is 19.4 Å². The molecule has 0 atom stereocenters. The van der Waals surface area contributed by atoms with E-state index in [4.69, 9.17) is 5.26 Å². The zero-order valence-corrected chi connectivity index (χ0v) is 10.3. The third-order valence-electron chi connectivity index (χ3n) is 2.51. The van der Waals surface area contributed by atoms with Crippen molar-refractivity contribution in [3.05, 3.63) is 27.9 Å². The molecule has 6 nitrogen and oxygen atoms in total. The summed E-state index contributed by atoms with van der Waals surface area (Å²) in [5.41, 5.74) is -0.410. The van der Waals surface area contributed by atoms with Gasteiger partial charge in [-0.2, -0.15) is 5.26 Å². The topological polar surface area (TPSA) is 91.9 Å². The summed E-state index contributed by atoms with van der Waals surface area (Å²) in [6.07, 6.45) is 4.53. The van der Waals surface area contributed by atoms with Crippen molar-refractivity contribution >= 4 is 11.5 Å². The number of unbranched alkanes of at least 4 members (excludes halogenated alkanes) is 3. The van der Waals surface area contributed by atoms with E-state index in [9.17, 15) is 10.1 Å². The Balaban J connectivity index is 2.58. The van der Waals surface area contributed by atoms with E-state index >= 15 is 0 Å². The maximum Gasteiger partial charge on any atom is 0.305 e. The first-order valence-electron chi connectivity index (χ1n) is 5.98. The number of pyridine rings is 1. The standard InChI is InChI=1S/C12H16N4O2/c1-2-3-4-5-8-14-12-7-6-11(16(17)18)10(9-13)15-12/h6-7H,2-5,8H2,1H3,(H,14,15). The van der Waals surface area contributed by atoms with E-state index in [1.54, 1.807) is 6.07 Å². The minimum atomic E-state index is -0.601. The van der Waals surface area contributed by atoms with Crippen LogP contribution in [0.15, 0.2) is 12.1 Å². The lowest BCUT2D eigenvalue weighted by Gasteiger charge is -2.05. The Morgan fingerprint density at radius 1 is 1.44 bits per heavy atom. The van der Waals surface area contributed by atoms with Crippen LogP contribution in [-0.4, -0.2) is 16.5 Å². The van der Waals surface area contributed by atoms with Crippen molar-refractivity contribution in [2.75, 3.05) is 11.9 Å². The summed E-state index contributed by atoms with van der Waals surface area (Å²) in [5, 5.41) is 22.5. The van der Waals surface area contributed by atoms with Gasteiger partial charge in [0, 0.05) is 12.6 Å². The highest BCUT2D eigenvalue weighted by molar-refractivity contribution is 5.50. The number of hydrogen-bond acceptors (Lipinski definition) is 5. The zero-order valence-electron chi connectivity index (χ0n) is 10.3. The van der Waals surface area contributed by atoms with Crippen LogP contribution in [0.25, 0.3) is 0 Å². The second kappa shape index (κ2) is 7.22. The van der Waals surface area contributed by atoms with E-state index in [-0.39, 0.29) is 11.4 Å². The summed E-state index contributed by atoms with van der Waals surface area (Å²) >= 11 is 0. The molecule has 1 aromatic heterocycles. The zero-order chi connectivity index (χ0) is 13.4. The first-order valence-corrected chi connectivity index (χ1v) is 5.98. The van der Waals surface area contributed by atoms with Crippen LogP contribution in [0.5, 0.6) is 0 Å². The number of nitrogens with zero attached hydrogens (tertiary/aromatic N) is 3. The summed E-state index contributed by atoms with van der Waals surface area (Å²) in [4.78, 5) is 13.9. The first-order chi connectivity index (χ1) is 8.69. The van der Waals surface area contributed by atoms with Gasteiger partial charge in [-0.05, 0) is 12.5 Å². The van der Waals surface area contributed by atoms with Crippen molar-refractivity contribution in [1.29, 1.82) is 5.26 Å². The van der Waals surface area contributed by atoms with Gasteiger partial charge in [0.25, 0.3) is 0 Å². The fraction of sp³-hybridized carbons (Fsp3) is 0.500. The Kier molecular flexibility index (Phi) is 5.58. The molecule has 96 valence electrons. The first kappa shape index (κ1) is 13.9. The Morgan fingerprint density at radius 2 is 2.22 bits per heavy atom. The lowest BCUT2D eigenvalue weighted by Crippen LogP contribution is -2.05. The molecule has 0 fully saturated rings. The van der Waals surface area contributed by atoms with Gasteiger partial charge >= 0.3 is 5.69 Å². The second-order valence-corrected chi connectivity index (χ2v) is 3.92. The normalized spacial score (nSPS) is 9.78. The third-order valence-corrected chi connectivity index (χ3v) is 2.51. The van der Waals surface area contributed by atoms with Gasteiger partial charge in [-0.15, -0.1) is 0 Å². The van der Waals surface area contributed by atoms with Gasteiger partial charge < -0.3 is 5.32 Å². The molecule has 1 N–H and O–H groups in total. The van der Waals surface area contributed by atoms with E-state index in [1.165, 1.54) is 25.0 Å². The summed E-state index contributed by atoms with van der Waals surface area (Å²) < 4.78 is 0. The molecule has 0 aliphatic heterocycles. The number of aromatic nitrogens is 1. The van der Waals surface area contributed by atoms with Crippen molar-refractivity contribution in [3.8, 4) is 6.07 Å². The highest BCUT2D eigenvalue weighted by Crippen LogP contribution is 2.18. The number of anilines is 1. The maximum atomic E-state index is 10.6. The molecule has 0 saturated heterocycles. The van der Waals surface area contributed by atoms with Crippen molar-refractivity contribution in [2.45, 2.75) is 32.6 Å². The number of rotatable bonds is 7. The van der Waals surface area contributed by atoms with Crippen LogP contribution in [0.1, 0.15) is 38.3 Å². The molecule has 6 heteroatoms. The second-order valence-electron chi connectivity index (χ2n) is 3.92. The van der Waals surface area contributed by atoms with E-state index in [1.807, 2.05) is 0 Å². The monoisotopic (exact) mass is 248 g/mol. The molecule has 0 unspecified atom stereocenters. The van der Waals surface area contributed by atoms with Crippen LogP contribution >= 0.6 is 0 Å². The van der Waals surface area contributed by atoms with Crippen molar-refractivity contribution < 1.29 is 4.92 Å². The smallest absolute Gasteiger partial charge is 0.305 e. The molecule has 1 rings (SSSR count). The molecule has 0 bridgehead atoms. The van der Waals surface area contributed by atoms with Crippen LogP contribution in [0, 0.1) is 21.4 Å². The molecule has 18 heavy (non-hydrogen) atoms. The van der Waals surface area contributed by atoms with Gasteiger partial charge in [0.2, 0.25) is 5.69 Å². The van der Waals surface area contributed by atoms with Crippen molar-refractivity contribution in [3.63, 3.8) is 0 Å². The van der Waals surface area contributed by atoms with Crippen LogP contribution in [0.4, 0.5) is 11.5 Å². The molecule has 0 amide bonds. The van der Waals surface area contributed by atoms with Crippen molar-refractivity contribution in [2.24, 2.45) is 0 Å². The van der Waals surface area contributed by atoms with Crippen molar-refractivity contribution in [1.82, 2.24) is 4.98 Å². The van der Waals surface area contributed by atoms with Crippen LogP contribution in [-0.2, 0) is 0 Å². The third kappa shape index (κ3) is 4.01.